The molecule has 0 aromatic heterocycles. The van der Waals surface area contributed by atoms with E-state index in [1.165, 1.54) is 12.1 Å². The summed E-state index contributed by atoms with van der Waals surface area (Å²) in [5.74, 6) is 0.0522. The highest BCUT2D eigenvalue weighted by Crippen LogP contribution is 2.21. The second-order valence-electron chi connectivity index (χ2n) is 7.06. The quantitative estimate of drug-likeness (QED) is 0.876. The minimum Gasteiger partial charge on any atom is -0.369 e. The van der Waals surface area contributed by atoms with Gasteiger partial charge in [-0.15, -0.1) is 0 Å². The van der Waals surface area contributed by atoms with Gasteiger partial charge < -0.3 is 15.1 Å². The third kappa shape index (κ3) is 4.12. The van der Waals surface area contributed by atoms with E-state index in [1.807, 2.05) is 26.1 Å². The smallest absolute Gasteiger partial charge is 0.239 e. The van der Waals surface area contributed by atoms with Crippen molar-refractivity contribution in [3.8, 4) is 0 Å². The molecule has 2 aliphatic heterocycles. The van der Waals surface area contributed by atoms with Crippen LogP contribution in [0, 0.1) is 5.82 Å². The highest BCUT2D eigenvalue weighted by Gasteiger charge is 2.34. The van der Waals surface area contributed by atoms with Crippen molar-refractivity contribution in [2.24, 2.45) is 0 Å². The number of halogens is 1. The third-order valence-electron chi connectivity index (χ3n) is 5.51. The zero-order valence-corrected chi connectivity index (χ0v) is 15.2. The molecule has 0 bridgehead atoms. The van der Waals surface area contributed by atoms with Crippen LogP contribution in [-0.4, -0.2) is 74.1 Å². The van der Waals surface area contributed by atoms with E-state index in [1.54, 1.807) is 0 Å². The van der Waals surface area contributed by atoms with Crippen LogP contribution < -0.4 is 10.2 Å². The summed E-state index contributed by atoms with van der Waals surface area (Å²) in [6, 6.07) is 6.91. The van der Waals surface area contributed by atoms with Crippen LogP contribution in [0.15, 0.2) is 24.3 Å². The fourth-order valence-electron chi connectivity index (χ4n) is 3.99. The predicted molar refractivity (Wildman–Crippen MR) is 98.3 cm³/mol. The number of likely N-dealkylation sites (N-methyl/N-ethyl adjacent to an activating group) is 1. The molecule has 0 radical (unpaired) electrons. The van der Waals surface area contributed by atoms with Gasteiger partial charge in [-0.25, -0.2) is 4.39 Å². The maximum Gasteiger partial charge on any atom is 0.239 e. The Bertz CT molecular complexity index is 571. The molecule has 2 atom stereocenters. The second kappa shape index (κ2) is 8.15. The number of rotatable bonds is 5. The minimum absolute atomic E-state index is 0.0761. The first-order valence-corrected chi connectivity index (χ1v) is 9.30. The molecule has 2 heterocycles. The zero-order chi connectivity index (χ0) is 17.8. The molecule has 0 spiro atoms. The second-order valence-corrected chi connectivity index (χ2v) is 7.06. The van der Waals surface area contributed by atoms with Gasteiger partial charge in [0, 0.05) is 51.0 Å². The van der Waals surface area contributed by atoms with Crippen LogP contribution in [0.3, 0.4) is 0 Å². The summed E-state index contributed by atoms with van der Waals surface area (Å²) >= 11 is 0. The zero-order valence-electron chi connectivity index (χ0n) is 15.2. The van der Waals surface area contributed by atoms with E-state index in [0.29, 0.717) is 6.04 Å². The molecule has 2 saturated heterocycles. The van der Waals surface area contributed by atoms with Gasteiger partial charge >= 0.3 is 0 Å². The van der Waals surface area contributed by atoms with Crippen molar-refractivity contribution in [2.45, 2.75) is 31.8 Å². The van der Waals surface area contributed by atoms with Gasteiger partial charge in [-0.3, -0.25) is 9.69 Å². The Labute approximate surface area is 149 Å². The average molecular weight is 348 g/mol. The number of anilines is 1. The normalized spacial score (nSPS) is 23.1. The number of carbonyl (C=O) groups excluding carboxylic acids is 1. The lowest BCUT2D eigenvalue weighted by Crippen LogP contribution is -2.55. The molecule has 1 amide bonds. The molecule has 138 valence electrons. The van der Waals surface area contributed by atoms with Gasteiger partial charge in [0.25, 0.3) is 0 Å². The molecule has 0 aliphatic carbocycles. The number of amides is 1. The van der Waals surface area contributed by atoms with E-state index < -0.39 is 0 Å². The topological polar surface area (TPSA) is 38.8 Å². The average Bonchev–Trinajstić information content (AvgIpc) is 3.10. The molecule has 1 N–H and O–H groups in total. The van der Waals surface area contributed by atoms with Gasteiger partial charge in [-0.05, 0) is 51.1 Å². The Morgan fingerprint density at radius 2 is 1.88 bits per heavy atom. The van der Waals surface area contributed by atoms with E-state index in [2.05, 4.69) is 20.0 Å². The number of hydrogen-bond donors (Lipinski definition) is 1. The van der Waals surface area contributed by atoms with Crippen LogP contribution in [0.5, 0.6) is 0 Å². The number of benzene rings is 1. The molecule has 5 nitrogen and oxygen atoms in total. The fraction of sp³-hybridized carbons (Fsp3) is 0.632. The lowest BCUT2D eigenvalue weighted by atomic mass is 10.1. The molecule has 3 rings (SSSR count). The summed E-state index contributed by atoms with van der Waals surface area (Å²) in [7, 11) is 1.94. The lowest BCUT2D eigenvalue weighted by molar-refractivity contribution is -0.137. The van der Waals surface area contributed by atoms with E-state index in [4.69, 9.17) is 0 Å². The van der Waals surface area contributed by atoms with Crippen LogP contribution in [0.25, 0.3) is 0 Å². The highest BCUT2D eigenvalue weighted by atomic mass is 19.1. The van der Waals surface area contributed by atoms with Crippen molar-refractivity contribution < 1.29 is 9.18 Å². The Kier molecular flexibility index (Phi) is 5.91. The number of nitrogens with one attached hydrogen (secondary N) is 1. The number of hydrogen-bond acceptors (Lipinski definition) is 4. The minimum atomic E-state index is -0.205. The van der Waals surface area contributed by atoms with Gasteiger partial charge in [-0.2, -0.15) is 0 Å². The molecule has 1 aromatic rings. The van der Waals surface area contributed by atoms with Crippen molar-refractivity contribution >= 4 is 11.6 Å². The summed E-state index contributed by atoms with van der Waals surface area (Å²) in [6.45, 7) is 7.22. The Morgan fingerprint density at radius 1 is 1.20 bits per heavy atom. The summed E-state index contributed by atoms with van der Waals surface area (Å²) in [5, 5.41) is 3.20. The van der Waals surface area contributed by atoms with Gasteiger partial charge in [-0.1, -0.05) is 0 Å². The van der Waals surface area contributed by atoms with E-state index in [0.717, 1.165) is 57.8 Å². The highest BCUT2D eigenvalue weighted by molar-refractivity contribution is 5.82. The van der Waals surface area contributed by atoms with E-state index in [9.17, 15) is 9.18 Å². The van der Waals surface area contributed by atoms with Gasteiger partial charge in [0.05, 0.1) is 6.04 Å². The monoisotopic (exact) mass is 348 g/mol. The van der Waals surface area contributed by atoms with E-state index in [-0.39, 0.29) is 17.8 Å². The molecule has 2 unspecified atom stereocenters. The third-order valence-corrected chi connectivity index (χ3v) is 5.51. The van der Waals surface area contributed by atoms with Crippen LogP contribution >= 0.6 is 0 Å². The van der Waals surface area contributed by atoms with Crippen molar-refractivity contribution in [1.29, 1.82) is 0 Å². The number of nitrogens with zero attached hydrogens (tertiary/aromatic N) is 3. The number of carbonyl (C=O) groups is 1. The van der Waals surface area contributed by atoms with Crippen LogP contribution in [0.4, 0.5) is 10.1 Å². The fourth-order valence-corrected chi connectivity index (χ4v) is 3.99. The molecule has 0 saturated carbocycles. The summed E-state index contributed by atoms with van der Waals surface area (Å²) in [5.41, 5.74) is 1.05. The predicted octanol–water partition coefficient (Wildman–Crippen LogP) is 1.55. The number of likely N-dealkylation sites (tertiary alicyclic amines) is 1. The molecular formula is C19H29FN4O. The molecule has 1 aromatic carbocycles. The van der Waals surface area contributed by atoms with Crippen LogP contribution in [0.2, 0.25) is 0 Å². The van der Waals surface area contributed by atoms with Crippen molar-refractivity contribution in [2.75, 3.05) is 51.2 Å². The maximum atomic E-state index is 13.1. The van der Waals surface area contributed by atoms with Gasteiger partial charge in [0.2, 0.25) is 5.91 Å². The standard InChI is InChI=1S/C19H29FN4O/c1-15(19(25)24-9-3-4-18(24)14-21-2)22-10-12-23(13-11-22)17-7-5-16(20)6-8-17/h5-8,15,18,21H,3-4,9-14H2,1-2H3. The maximum absolute atomic E-state index is 13.1. The Balaban J connectivity index is 1.55. The van der Waals surface area contributed by atoms with Crippen molar-refractivity contribution in [1.82, 2.24) is 15.1 Å². The number of piperazine rings is 1. The van der Waals surface area contributed by atoms with Crippen LogP contribution in [0.1, 0.15) is 19.8 Å². The Morgan fingerprint density at radius 3 is 2.52 bits per heavy atom. The molecular weight excluding hydrogens is 319 g/mol. The van der Waals surface area contributed by atoms with Gasteiger partial charge in [0.1, 0.15) is 5.82 Å². The Hall–Kier alpha value is -1.66. The molecule has 2 aliphatic rings. The lowest BCUT2D eigenvalue weighted by Gasteiger charge is -2.40. The van der Waals surface area contributed by atoms with Crippen LogP contribution in [-0.2, 0) is 4.79 Å². The van der Waals surface area contributed by atoms with Crippen molar-refractivity contribution in [3.63, 3.8) is 0 Å². The van der Waals surface area contributed by atoms with Gasteiger partial charge in [0.15, 0.2) is 0 Å². The summed E-state index contributed by atoms with van der Waals surface area (Å²) < 4.78 is 13.1. The van der Waals surface area contributed by atoms with Crippen molar-refractivity contribution in [3.05, 3.63) is 30.1 Å². The summed E-state index contributed by atoms with van der Waals surface area (Å²) in [4.78, 5) is 19.5. The first-order valence-electron chi connectivity index (χ1n) is 9.30. The van der Waals surface area contributed by atoms with E-state index >= 15 is 0 Å². The molecule has 2 fully saturated rings. The molecule has 25 heavy (non-hydrogen) atoms. The first-order chi connectivity index (χ1) is 12.1. The first kappa shape index (κ1) is 18.1. The largest absolute Gasteiger partial charge is 0.369 e. The SMILES string of the molecule is CNCC1CCCN1C(=O)C(C)N1CCN(c2ccc(F)cc2)CC1. The summed E-state index contributed by atoms with van der Waals surface area (Å²) in [6.07, 6.45) is 2.20. The molecule has 6 heteroatoms.